The first kappa shape index (κ1) is 14.3. The quantitative estimate of drug-likeness (QED) is 0.737. The molecular formula is C16H14N2O3. The number of carbonyl (C=O) groups excluding carboxylic acids is 1. The number of hydrogen-bond acceptors (Lipinski definition) is 3. The molecule has 0 saturated carbocycles. The minimum Gasteiger partial charge on any atom is -0.478 e. The van der Waals surface area contributed by atoms with Crippen molar-refractivity contribution in [3.05, 3.63) is 66.7 Å². The van der Waals surface area contributed by atoms with Gasteiger partial charge in [-0.25, -0.2) is 4.79 Å². The van der Waals surface area contributed by atoms with Crippen LogP contribution < -0.4 is 10.6 Å². The normalized spacial score (nSPS) is 10.3. The highest BCUT2D eigenvalue weighted by Crippen LogP contribution is 2.18. The summed E-state index contributed by atoms with van der Waals surface area (Å²) in [4.78, 5) is 21.7. The number of carboxylic acid groups (broad SMARTS) is 1. The van der Waals surface area contributed by atoms with E-state index in [2.05, 4.69) is 10.6 Å². The minimum atomic E-state index is -1.16. The zero-order valence-electron chi connectivity index (χ0n) is 11.1. The number of hydrogen-bond donors (Lipinski definition) is 3. The van der Waals surface area contributed by atoms with Crippen LogP contribution in [0.15, 0.2) is 66.7 Å². The second kappa shape index (κ2) is 6.91. The molecule has 3 N–H and O–H groups in total. The second-order valence-corrected chi connectivity index (χ2v) is 4.23. The van der Waals surface area contributed by atoms with Gasteiger partial charge in [0.2, 0.25) is 5.91 Å². The number of aliphatic carboxylic acids is 1. The Balaban J connectivity index is 1.96. The van der Waals surface area contributed by atoms with Crippen molar-refractivity contribution in [1.29, 1.82) is 0 Å². The Morgan fingerprint density at radius 3 is 2.00 bits per heavy atom. The van der Waals surface area contributed by atoms with E-state index in [0.29, 0.717) is 5.69 Å². The van der Waals surface area contributed by atoms with Gasteiger partial charge in [0.1, 0.15) is 0 Å². The number of carbonyl (C=O) groups is 2. The molecule has 0 aliphatic rings. The molecule has 1 amide bonds. The molecule has 0 bridgehead atoms. The molecule has 0 radical (unpaired) electrons. The SMILES string of the molecule is O=C(O)/C=C\C(=O)Nc1ccc(Nc2ccccc2)cc1. The Labute approximate surface area is 121 Å². The number of carboxylic acids is 1. The maximum Gasteiger partial charge on any atom is 0.328 e. The molecule has 5 nitrogen and oxygen atoms in total. The van der Waals surface area contributed by atoms with Gasteiger partial charge in [0.25, 0.3) is 0 Å². The van der Waals surface area contributed by atoms with Crippen molar-refractivity contribution >= 4 is 28.9 Å². The summed E-state index contributed by atoms with van der Waals surface area (Å²) in [5.74, 6) is -1.64. The van der Waals surface area contributed by atoms with E-state index < -0.39 is 11.9 Å². The van der Waals surface area contributed by atoms with E-state index in [4.69, 9.17) is 5.11 Å². The highest BCUT2D eigenvalue weighted by molar-refractivity contribution is 6.02. The third kappa shape index (κ3) is 4.83. The van der Waals surface area contributed by atoms with E-state index in [1.165, 1.54) is 0 Å². The van der Waals surface area contributed by atoms with Gasteiger partial charge in [0.15, 0.2) is 0 Å². The average molecular weight is 282 g/mol. The Morgan fingerprint density at radius 1 is 0.810 bits per heavy atom. The van der Waals surface area contributed by atoms with Gasteiger partial charge in [-0.05, 0) is 36.4 Å². The van der Waals surface area contributed by atoms with Crippen molar-refractivity contribution in [2.75, 3.05) is 10.6 Å². The summed E-state index contributed by atoms with van der Waals surface area (Å²) in [5.41, 5.74) is 2.45. The van der Waals surface area contributed by atoms with Gasteiger partial charge in [0.05, 0.1) is 0 Å². The van der Waals surface area contributed by atoms with Crippen LogP contribution in [0.2, 0.25) is 0 Å². The van der Waals surface area contributed by atoms with Gasteiger partial charge in [-0.2, -0.15) is 0 Å². The summed E-state index contributed by atoms with van der Waals surface area (Å²) in [7, 11) is 0. The lowest BCUT2D eigenvalue weighted by molar-refractivity contribution is -0.131. The molecule has 0 fully saturated rings. The predicted molar refractivity (Wildman–Crippen MR) is 81.6 cm³/mol. The van der Waals surface area contributed by atoms with Gasteiger partial charge >= 0.3 is 5.97 Å². The molecule has 0 aromatic heterocycles. The molecule has 2 aromatic rings. The summed E-state index contributed by atoms with van der Waals surface area (Å²) < 4.78 is 0. The summed E-state index contributed by atoms with van der Waals surface area (Å²) >= 11 is 0. The van der Waals surface area contributed by atoms with Crippen molar-refractivity contribution in [2.24, 2.45) is 0 Å². The van der Waals surface area contributed by atoms with Gasteiger partial charge in [-0.1, -0.05) is 18.2 Å². The Kier molecular flexibility index (Phi) is 4.71. The number of nitrogens with one attached hydrogen (secondary N) is 2. The van der Waals surface area contributed by atoms with Crippen molar-refractivity contribution < 1.29 is 14.7 Å². The van der Waals surface area contributed by atoms with Gasteiger partial charge < -0.3 is 15.7 Å². The van der Waals surface area contributed by atoms with Crippen molar-refractivity contribution in [3.63, 3.8) is 0 Å². The fourth-order valence-electron chi connectivity index (χ4n) is 1.66. The Morgan fingerprint density at radius 2 is 1.38 bits per heavy atom. The minimum absolute atomic E-state index is 0.485. The van der Waals surface area contributed by atoms with E-state index in [9.17, 15) is 9.59 Å². The van der Waals surface area contributed by atoms with Crippen LogP contribution in [0, 0.1) is 0 Å². The van der Waals surface area contributed by atoms with Crippen molar-refractivity contribution in [2.45, 2.75) is 0 Å². The smallest absolute Gasteiger partial charge is 0.328 e. The number of anilines is 3. The largest absolute Gasteiger partial charge is 0.478 e. The Hall–Kier alpha value is -3.08. The summed E-state index contributed by atoms with van der Waals surface area (Å²) in [5, 5.41) is 14.2. The third-order valence-corrected chi connectivity index (χ3v) is 2.59. The molecule has 2 rings (SSSR count). The fraction of sp³-hybridized carbons (Fsp3) is 0. The molecule has 21 heavy (non-hydrogen) atoms. The van der Waals surface area contributed by atoms with E-state index in [1.54, 1.807) is 12.1 Å². The van der Waals surface area contributed by atoms with Crippen LogP contribution in [0.25, 0.3) is 0 Å². The number of para-hydroxylation sites is 1. The predicted octanol–water partition coefficient (Wildman–Crippen LogP) is 3.01. The molecule has 0 unspecified atom stereocenters. The number of benzene rings is 2. The zero-order chi connectivity index (χ0) is 15.1. The molecule has 0 spiro atoms. The molecule has 2 aromatic carbocycles. The van der Waals surface area contributed by atoms with Crippen LogP contribution in [0.4, 0.5) is 17.1 Å². The van der Waals surface area contributed by atoms with Gasteiger partial charge in [-0.3, -0.25) is 4.79 Å². The maximum absolute atomic E-state index is 11.4. The third-order valence-electron chi connectivity index (χ3n) is 2.59. The standard InChI is InChI=1S/C16H14N2O3/c19-15(10-11-16(20)21)18-14-8-6-13(7-9-14)17-12-4-2-1-3-5-12/h1-11,17H,(H,18,19)(H,20,21)/b11-10-. The highest BCUT2D eigenvalue weighted by atomic mass is 16.4. The summed E-state index contributed by atoms with van der Waals surface area (Å²) in [6.45, 7) is 0. The fourth-order valence-corrected chi connectivity index (χ4v) is 1.66. The maximum atomic E-state index is 11.4. The van der Waals surface area contributed by atoms with Gasteiger partial charge in [0, 0.05) is 29.2 Å². The number of rotatable bonds is 5. The van der Waals surface area contributed by atoms with Crippen LogP contribution in [0.5, 0.6) is 0 Å². The van der Waals surface area contributed by atoms with Crippen LogP contribution in [0.1, 0.15) is 0 Å². The van der Waals surface area contributed by atoms with Gasteiger partial charge in [-0.15, -0.1) is 0 Å². The summed E-state index contributed by atoms with van der Waals surface area (Å²) in [6, 6.07) is 16.8. The van der Waals surface area contributed by atoms with Crippen LogP contribution in [-0.4, -0.2) is 17.0 Å². The molecule has 0 aliphatic carbocycles. The van der Waals surface area contributed by atoms with Crippen LogP contribution >= 0.6 is 0 Å². The molecule has 0 atom stereocenters. The zero-order valence-corrected chi connectivity index (χ0v) is 11.1. The lowest BCUT2D eigenvalue weighted by Gasteiger charge is -2.07. The highest BCUT2D eigenvalue weighted by Gasteiger charge is 1.99. The van der Waals surface area contributed by atoms with Crippen molar-refractivity contribution in [3.8, 4) is 0 Å². The van der Waals surface area contributed by atoms with E-state index in [0.717, 1.165) is 23.5 Å². The topological polar surface area (TPSA) is 78.4 Å². The molecule has 0 heterocycles. The molecule has 5 heteroatoms. The lowest BCUT2D eigenvalue weighted by Crippen LogP contribution is -2.08. The van der Waals surface area contributed by atoms with E-state index in [1.807, 2.05) is 42.5 Å². The molecule has 106 valence electrons. The first-order chi connectivity index (χ1) is 10.1. The lowest BCUT2D eigenvalue weighted by atomic mass is 10.2. The first-order valence-electron chi connectivity index (χ1n) is 6.27. The van der Waals surface area contributed by atoms with E-state index in [-0.39, 0.29) is 0 Å². The Bertz CT molecular complexity index is 649. The molecular weight excluding hydrogens is 268 g/mol. The molecule has 0 aliphatic heterocycles. The van der Waals surface area contributed by atoms with Crippen molar-refractivity contribution in [1.82, 2.24) is 0 Å². The van der Waals surface area contributed by atoms with E-state index >= 15 is 0 Å². The van der Waals surface area contributed by atoms with Crippen LogP contribution in [0.3, 0.4) is 0 Å². The average Bonchev–Trinajstić information content (AvgIpc) is 2.48. The number of amides is 1. The molecule has 0 saturated heterocycles. The second-order valence-electron chi connectivity index (χ2n) is 4.23. The van der Waals surface area contributed by atoms with Crippen LogP contribution in [-0.2, 0) is 9.59 Å². The first-order valence-corrected chi connectivity index (χ1v) is 6.27. The monoisotopic (exact) mass is 282 g/mol. The summed E-state index contributed by atoms with van der Waals surface area (Å²) in [6.07, 6.45) is 1.76.